The van der Waals surface area contributed by atoms with Crippen LogP contribution in [0.1, 0.15) is 50.3 Å². The summed E-state index contributed by atoms with van der Waals surface area (Å²) in [5.41, 5.74) is 2.68. The fourth-order valence-electron chi connectivity index (χ4n) is 2.38. The first-order valence-corrected chi connectivity index (χ1v) is 6.58. The number of esters is 1. The molecule has 0 spiro atoms. The van der Waals surface area contributed by atoms with E-state index in [0.717, 1.165) is 23.0 Å². The number of ether oxygens (including phenoxy) is 1. The van der Waals surface area contributed by atoms with Crippen molar-refractivity contribution < 1.29 is 14.3 Å². The first-order valence-electron chi connectivity index (χ1n) is 6.58. The number of aldehydes is 1. The van der Waals surface area contributed by atoms with Crippen molar-refractivity contribution in [2.24, 2.45) is 0 Å². The van der Waals surface area contributed by atoms with Gasteiger partial charge in [-0.15, -0.1) is 0 Å². The van der Waals surface area contributed by atoms with E-state index in [4.69, 9.17) is 4.74 Å². The highest BCUT2D eigenvalue weighted by Crippen LogP contribution is 2.37. The molecule has 0 aliphatic carbocycles. The zero-order valence-electron chi connectivity index (χ0n) is 12.4. The topological polar surface area (TPSA) is 43.4 Å². The summed E-state index contributed by atoms with van der Waals surface area (Å²) < 4.78 is 5.43. The molecule has 1 aromatic carbocycles. The van der Waals surface area contributed by atoms with E-state index in [0.29, 0.717) is 18.6 Å². The van der Waals surface area contributed by atoms with Crippen molar-refractivity contribution in [1.82, 2.24) is 0 Å². The van der Waals surface area contributed by atoms with Crippen LogP contribution in [-0.2, 0) is 15.0 Å². The number of carbonyl (C=O) groups excluding carboxylic acids is 2. The van der Waals surface area contributed by atoms with Gasteiger partial charge in [0.25, 0.3) is 0 Å². The molecular formula is C16H22O3. The summed E-state index contributed by atoms with van der Waals surface area (Å²) in [7, 11) is 0. The van der Waals surface area contributed by atoms with E-state index >= 15 is 0 Å². The molecule has 0 atom stereocenters. The largest absolute Gasteiger partial charge is 0.426 e. The molecule has 0 N–H and O–H groups in total. The summed E-state index contributed by atoms with van der Waals surface area (Å²) in [6.45, 7) is 9.69. The van der Waals surface area contributed by atoms with Gasteiger partial charge in [-0.2, -0.15) is 0 Å². The average molecular weight is 262 g/mol. The third kappa shape index (κ3) is 3.66. The van der Waals surface area contributed by atoms with Crippen molar-refractivity contribution in [2.75, 3.05) is 0 Å². The molecule has 19 heavy (non-hydrogen) atoms. The number of benzene rings is 1. The lowest BCUT2D eigenvalue weighted by Crippen LogP contribution is -2.22. The SMILES string of the molecule is CCC(=O)Oc1cc(C)cc(C)c1C(C)(C)CC=O. The Morgan fingerprint density at radius 1 is 1.32 bits per heavy atom. The fraction of sp³-hybridized carbons (Fsp3) is 0.500. The smallest absolute Gasteiger partial charge is 0.310 e. The molecule has 104 valence electrons. The van der Waals surface area contributed by atoms with E-state index in [9.17, 15) is 9.59 Å². The summed E-state index contributed by atoms with van der Waals surface area (Å²) in [4.78, 5) is 22.4. The molecule has 3 heteroatoms. The van der Waals surface area contributed by atoms with Crippen molar-refractivity contribution in [3.8, 4) is 5.75 Å². The number of hydrogen-bond donors (Lipinski definition) is 0. The summed E-state index contributed by atoms with van der Waals surface area (Å²) in [6.07, 6.45) is 1.64. The fourth-order valence-corrected chi connectivity index (χ4v) is 2.38. The van der Waals surface area contributed by atoms with Crippen molar-refractivity contribution in [1.29, 1.82) is 0 Å². The second kappa shape index (κ2) is 6.00. The standard InChI is InChI=1S/C16H22O3/c1-6-14(18)19-13-10-11(2)9-12(3)15(13)16(4,5)7-8-17/h8-10H,6-7H2,1-5H3. The maximum atomic E-state index is 11.5. The molecule has 0 fully saturated rings. The maximum absolute atomic E-state index is 11.5. The molecule has 0 heterocycles. The lowest BCUT2D eigenvalue weighted by Gasteiger charge is -2.27. The van der Waals surface area contributed by atoms with Gasteiger partial charge in [-0.1, -0.05) is 26.8 Å². The third-order valence-corrected chi connectivity index (χ3v) is 3.23. The molecule has 3 nitrogen and oxygen atoms in total. The molecular weight excluding hydrogens is 240 g/mol. The van der Waals surface area contributed by atoms with Gasteiger partial charge in [-0.3, -0.25) is 4.79 Å². The van der Waals surface area contributed by atoms with E-state index in [1.54, 1.807) is 6.92 Å². The first-order chi connectivity index (χ1) is 8.81. The number of aryl methyl sites for hydroxylation is 2. The minimum absolute atomic E-state index is 0.256. The molecule has 0 unspecified atom stereocenters. The highest BCUT2D eigenvalue weighted by atomic mass is 16.5. The molecule has 1 rings (SSSR count). The predicted molar refractivity (Wildman–Crippen MR) is 75.5 cm³/mol. The molecule has 0 saturated heterocycles. The van der Waals surface area contributed by atoms with E-state index in [1.165, 1.54) is 0 Å². The predicted octanol–water partition coefficient (Wildman–Crippen LogP) is 3.49. The van der Waals surface area contributed by atoms with Crippen LogP contribution in [0.2, 0.25) is 0 Å². The normalized spacial score (nSPS) is 11.2. The van der Waals surface area contributed by atoms with Crippen LogP contribution in [0.5, 0.6) is 5.75 Å². The van der Waals surface area contributed by atoms with Gasteiger partial charge >= 0.3 is 5.97 Å². The number of hydrogen-bond acceptors (Lipinski definition) is 3. The second-order valence-corrected chi connectivity index (χ2v) is 5.54. The van der Waals surface area contributed by atoms with E-state index in [2.05, 4.69) is 0 Å². The first kappa shape index (κ1) is 15.4. The van der Waals surface area contributed by atoms with Crippen LogP contribution in [0.25, 0.3) is 0 Å². The van der Waals surface area contributed by atoms with E-state index < -0.39 is 0 Å². The minimum Gasteiger partial charge on any atom is -0.426 e. The van der Waals surface area contributed by atoms with E-state index in [-0.39, 0.29) is 11.4 Å². The quantitative estimate of drug-likeness (QED) is 0.463. The minimum atomic E-state index is -0.344. The van der Waals surface area contributed by atoms with Crippen molar-refractivity contribution in [3.05, 3.63) is 28.8 Å². The Labute approximate surface area is 115 Å². The lowest BCUT2D eigenvalue weighted by atomic mass is 9.78. The summed E-state index contributed by atoms with van der Waals surface area (Å²) in [6, 6.07) is 3.91. The van der Waals surface area contributed by atoms with E-state index in [1.807, 2.05) is 39.8 Å². The van der Waals surface area contributed by atoms with Crippen LogP contribution in [0.4, 0.5) is 0 Å². The van der Waals surface area contributed by atoms with Crippen LogP contribution < -0.4 is 4.74 Å². The Morgan fingerprint density at radius 2 is 1.95 bits per heavy atom. The van der Waals surface area contributed by atoms with Gasteiger partial charge in [0.05, 0.1) is 0 Å². The molecule has 1 aromatic rings. The van der Waals surface area contributed by atoms with Crippen LogP contribution in [-0.4, -0.2) is 12.3 Å². The molecule has 0 amide bonds. The molecule has 0 bridgehead atoms. The number of rotatable bonds is 5. The van der Waals surface area contributed by atoms with Crippen LogP contribution >= 0.6 is 0 Å². The van der Waals surface area contributed by atoms with Gasteiger partial charge in [0.15, 0.2) is 0 Å². The second-order valence-electron chi connectivity index (χ2n) is 5.54. The maximum Gasteiger partial charge on any atom is 0.310 e. The summed E-state index contributed by atoms with van der Waals surface area (Å²) in [5, 5.41) is 0. The van der Waals surface area contributed by atoms with Crippen LogP contribution in [0.3, 0.4) is 0 Å². The Hall–Kier alpha value is -1.64. The molecule has 0 radical (unpaired) electrons. The third-order valence-electron chi connectivity index (χ3n) is 3.23. The molecule has 0 aromatic heterocycles. The van der Waals surface area contributed by atoms with Crippen molar-refractivity contribution in [2.45, 2.75) is 52.9 Å². The summed E-state index contributed by atoms with van der Waals surface area (Å²) >= 11 is 0. The van der Waals surface area contributed by atoms with Gasteiger partial charge in [0, 0.05) is 23.8 Å². The molecule has 0 saturated carbocycles. The monoisotopic (exact) mass is 262 g/mol. The van der Waals surface area contributed by atoms with Gasteiger partial charge in [0.1, 0.15) is 12.0 Å². The highest BCUT2D eigenvalue weighted by molar-refractivity contribution is 5.73. The van der Waals surface area contributed by atoms with Crippen molar-refractivity contribution >= 4 is 12.3 Å². The lowest BCUT2D eigenvalue weighted by molar-refractivity contribution is -0.134. The Bertz CT molecular complexity index is 487. The van der Waals surface area contributed by atoms with Gasteiger partial charge in [-0.25, -0.2) is 0 Å². The van der Waals surface area contributed by atoms with Gasteiger partial charge < -0.3 is 9.53 Å². The Balaban J connectivity index is 3.35. The zero-order valence-corrected chi connectivity index (χ0v) is 12.4. The summed E-state index contributed by atoms with van der Waals surface area (Å²) in [5.74, 6) is 0.323. The van der Waals surface area contributed by atoms with Crippen LogP contribution in [0.15, 0.2) is 12.1 Å². The molecule has 0 aliphatic heterocycles. The molecule has 0 aliphatic rings. The number of carbonyl (C=O) groups is 2. The Morgan fingerprint density at radius 3 is 2.47 bits per heavy atom. The Kier molecular flexibility index (Phi) is 4.87. The average Bonchev–Trinajstić information content (AvgIpc) is 2.26. The van der Waals surface area contributed by atoms with Gasteiger partial charge in [0.2, 0.25) is 0 Å². The zero-order chi connectivity index (χ0) is 14.6. The van der Waals surface area contributed by atoms with Gasteiger partial charge in [-0.05, 0) is 31.0 Å². The highest BCUT2D eigenvalue weighted by Gasteiger charge is 2.27. The van der Waals surface area contributed by atoms with Crippen LogP contribution in [0, 0.1) is 13.8 Å². The van der Waals surface area contributed by atoms with Crippen molar-refractivity contribution in [3.63, 3.8) is 0 Å².